The fourth-order valence-electron chi connectivity index (χ4n) is 4.94. The van der Waals surface area contributed by atoms with Gasteiger partial charge in [0.2, 0.25) is 5.91 Å². The van der Waals surface area contributed by atoms with E-state index in [4.69, 9.17) is 4.74 Å². The number of anilines is 2. The predicted molar refractivity (Wildman–Crippen MR) is 131 cm³/mol. The number of benzene rings is 2. The van der Waals surface area contributed by atoms with Gasteiger partial charge in [0.25, 0.3) is 0 Å². The molecule has 1 aromatic heterocycles. The van der Waals surface area contributed by atoms with Crippen LogP contribution in [0, 0.1) is 12.8 Å². The molecule has 0 radical (unpaired) electrons. The molecule has 2 aliphatic rings. The van der Waals surface area contributed by atoms with E-state index in [9.17, 15) is 4.79 Å². The molecule has 0 bridgehead atoms. The van der Waals surface area contributed by atoms with Crippen molar-refractivity contribution in [1.29, 1.82) is 0 Å². The van der Waals surface area contributed by atoms with Crippen LogP contribution in [0.25, 0.3) is 11.3 Å². The molecule has 0 unspecified atom stereocenters. The van der Waals surface area contributed by atoms with Gasteiger partial charge in [-0.05, 0) is 80.6 Å². The molecule has 170 valence electrons. The monoisotopic (exact) mass is 442 g/mol. The van der Waals surface area contributed by atoms with Crippen LogP contribution in [0.4, 0.5) is 11.5 Å². The number of hydrogen-bond donors (Lipinski definition) is 0. The summed E-state index contributed by atoms with van der Waals surface area (Å²) >= 11 is 0. The minimum absolute atomic E-state index is 0.0695. The summed E-state index contributed by atoms with van der Waals surface area (Å²) in [5, 5.41) is 8.90. The van der Waals surface area contributed by atoms with Gasteiger partial charge in [-0.2, -0.15) is 0 Å². The average Bonchev–Trinajstić information content (AvgIpc) is 2.88. The number of rotatable bonds is 4. The number of hydrogen-bond acceptors (Lipinski definition) is 5. The standard InChI is InChI=1S/C27H30N4O2/c1-19-5-11-25-22(18-19)4-3-15-31(25)27(32)21-13-16-30(17-14-21)26-12-10-24(28-29-26)20-6-8-23(33-2)9-7-20/h5-12,18,21H,3-4,13-17H2,1-2H3. The minimum atomic E-state index is 0.0695. The van der Waals surface area contributed by atoms with E-state index in [1.165, 1.54) is 11.1 Å². The number of aromatic nitrogens is 2. The van der Waals surface area contributed by atoms with Gasteiger partial charge < -0.3 is 14.5 Å². The molecule has 3 aromatic rings. The zero-order chi connectivity index (χ0) is 22.8. The van der Waals surface area contributed by atoms with Gasteiger partial charge in [0, 0.05) is 36.8 Å². The highest BCUT2D eigenvalue weighted by atomic mass is 16.5. The summed E-state index contributed by atoms with van der Waals surface area (Å²) in [5.41, 5.74) is 5.52. The van der Waals surface area contributed by atoms with E-state index < -0.39 is 0 Å². The van der Waals surface area contributed by atoms with Crippen LogP contribution in [0.1, 0.15) is 30.4 Å². The molecular formula is C27H30N4O2. The summed E-state index contributed by atoms with van der Waals surface area (Å²) < 4.78 is 5.22. The highest BCUT2D eigenvalue weighted by molar-refractivity contribution is 5.96. The third kappa shape index (κ3) is 4.42. The van der Waals surface area contributed by atoms with Gasteiger partial charge in [-0.25, -0.2) is 0 Å². The van der Waals surface area contributed by atoms with E-state index in [2.05, 4.69) is 40.2 Å². The first-order valence-corrected chi connectivity index (χ1v) is 11.8. The van der Waals surface area contributed by atoms with Crippen molar-refractivity contribution in [2.45, 2.75) is 32.6 Å². The smallest absolute Gasteiger partial charge is 0.230 e. The van der Waals surface area contributed by atoms with Crippen LogP contribution >= 0.6 is 0 Å². The average molecular weight is 443 g/mol. The van der Waals surface area contributed by atoms with E-state index in [1.807, 2.05) is 41.3 Å². The molecule has 0 N–H and O–H groups in total. The summed E-state index contributed by atoms with van der Waals surface area (Å²) in [7, 11) is 1.66. The fourth-order valence-corrected chi connectivity index (χ4v) is 4.94. The number of carbonyl (C=O) groups is 1. The van der Waals surface area contributed by atoms with Crippen LogP contribution < -0.4 is 14.5 Å². The van der Waals surface area contributed by atoms with Crippen molar-refractivity contribution in [2.24, 2.45) is 5.92 Å². The zero-order valence-electron chi connectivity index (χ0n) is 19.3. The number of amides is 1. The van der Waals surface area contributed by atoms with Crippen LogP contribution in [0.5, 0.6) is 5.75 Å². The Kier molecular flexibility index (Phi) is 5.99. The Bertz CT molecular complexity index is 1120. The number of methoxy groups -OCH3 is 1. The summed E-state index contributed by atoms with van der Waals surface area (Å²) in [6.07, 6.45) is 3.79. The highest BCUT2D eigenvalue weighted by Crippen LogP contribution is 2.32. The third-order valence-corrected chi connectivity index (χ3v) is 6.82. The van der Waals surface area contributed by atoms with Gasteiger partial charge in [0.1, 0.15) is 5.75 Å². The van der Waals surface area contributed by atoms with Crippen LogP contribution in [0.2, 0.25) is 0 Å². The van der Waals surface area contributed by atoms with E-state index in [0.717, 1.165) is 73.8 Å². The lowest BCUT2D eigenvalue weighted by Gasteiger charge is -2.36. The lowest BCUT2D eigenvalue weighted by Crippen LogP contribution is -2.44. The Hall–Kier alpha value is -3.41. The zero-order valence-corrected chi connectivity index (χ0v) is 19.3. The number of fused-ring (bicyclic) bond motifs is 1. The Morgan fingerprint density at radius 3 is 2.45 bits per heavy atom. The number of ether oxygens (including phenoxy) is 1. The van der Waals surface area contributed by atoms with Gasteiger partial charge in [-0.15, -0.1) is 10.2 Å². The summed E-state index contributed by atoms with van der Waals surface area (Å²) in [6.45, 7) is 4.58. The van der Waals surface area contributed by atoms with Crippen molar-refractivity contribution in [3.8, 4) is 17.0 Å². The van der Waals surface area contributed by atoms with Crippen molar-refractivity contribution in [2.75, 3.05) is 36.5 Å². The maximum atomic E-state index is 13.4. The Morgan fingerprint density at radius 2 is 1.76 bits per heavy atom. The Morgan fingerprint density at radius 1 is 0.970 bits per heavy atom. The first-order chi connectivity index (χ1) is 16.1. The molecule has 1 saturated heterocycles. The summed E-state index contributed by atoms with van der Waals surface area (Å²) in [4.78, 5) is 17.6. The Labute approximate surface area is 195 Å². The van der Waals surface area contributed by atoms with Crippen LogP contribution in [0.15, 0.2) is 54.6 Å². The van der Waals surface area contributed by atoms with E-state index in [1.54, 1.807) is 7.11 Å². The van der Waals surface area contributed by atoms with Gasteiger partial charge in [-0.1, -0.05) is 17.7 Å². The molecule has 2 aliphatic heterocycles. The van der Waals surface area contributed by atoms with Gasteiger partial charge in [0.15, 0.2) is 5.82 Å². The first-order valence-electron chi connectivity index (χ1n) is 11.8. The second kappa shape index (κ2) is 9.22. The second-order valence-electron chi connectivity index (χ2n) is 8.99. The van der Waals surface area contributed by atoms with Crippen molar-refractivity contribution in [1.82, 2.24) is 10.2 Å². The number of piperidine rings is 1. The van der Waals surface area contributed by atoms with E-state index >= 15 is 0 Å². The number of aryl methyl sites for hydroxylation is 2. The Balaban J connectivity index is 1.22. The molecule has 33 heavy (non-hydrogen) atoms. The molecule has 3 heterocycles. The second-order valence-corrected chi connectivity index (χ2v) is 8.99. The molecule has 5 rings (SSSR count). The highest BCUT2D eigenvalue weighted by Gasteiger charge is 2.31. The molecule has 1 fully saturated rings. The molecule has 6 heteroatoms. The van der Waals surface area contributed by atoms with Crippen LogP contribution in [-0.2, 0) is 11.2 Å². The summed E-state index contributed by atoms with van der Waals surface area (Å²) in [6, 6.07) is 18.3. The van der Waals surface area contributed by atoms with Crippen molar-refractivity contribution in [3.63, 3.8) is 0 Å². The largest absolute Gasteiger partial charge is 0.497 e. The first kappa shape index (κ1) is 21.4. The quantitative estimate of drug-likeness (QED) is 0.588. The SMILES string of the molecule is COc1ccc(-c2ccc(N3CCC(C(=O)N4CCCc5cc(C)ccc54)CC3)nn2)cc1. The van der Waals surface area contributed by atoms with Gasteiger partial charge in [0.05, 0.1) is 12.8 Å². The molecule has 0 atom stereocenters. The molecule has 2 aromatic carbocycles. The van der Waals surface area contributed by atoms with Crippen molar-refractivity contribution < 1.29 is 9.53 Å². The van der Waals surface area contributed by atoms with E-state index in [-0.39, 0.29) is 11.8 Å². The third-order valence-electron chi connectivity index (χ3n) is 6.82. The van der Waals surface area contributed by atoms with Gasteiger partial charge >= 0.3 is 0 Å². The predicted octanol–water partition coefficient (Wildman–Crippen LogP) is 4.66. The number of carbonyl (C=O) groups excluding carboxylic acids is 1. The fraction of sp³-hybridized carbons (Fsp3) is 0.370. The van der Waals surface area contributed by atoms with Crippen LogP contribution in [0.3, 0.4) is 0 Å². The number of nitrogens with zero attached hydrogens (tertiary/aromatic N) is 4. The lowest BCUT2D eigenvalue weighted by molar-refractivity contribution is -0.123. The van der Waals surface area contributed by atoms with Gasteiger partial charge in [-0.3, -0.25) is 4.79 Å². The molecule has 0 aliphatic carbocycles. The molecule has 0 saturated carbocycles. The topological polar surface area (TPSA) is 58.6 Å². The summed E-state index contributed by atoms with van der Waals surface area (Å²) in [5.74, 6) is 2.04. The minimum Gasteiger partial charge on any atom is -0.497 e. The van der Waals surface area contributed by atoms with Crippen LogP contribution in [-0.4, -0.2) is 42.8 Å². The molecular weight excluding hydrogens is 412 g/mol. The van der Waals surface area contributed by atoms with Crippen molar-refractivity contribution >= 4 is 17.4 Å². The maximum absolute atomic E-state index is 13.4. The molecule has 1 amide bonds. The lowest BCUT2D eigenvalue weighted by atomic mass is 9.92. The normalized spacial score (nSPS) is 16.4. The van der Waals surface area contributed by atoms with Crippen molar-refractivity contribution in [3.05, 3.63) is 65.7 Å². The molecule has 6 nitrogen and oxygen atoms in total. The van der Waals surface area contributed by atoms with E-state index in [0.29, 0.717) is 0 Å². The maximum Gasteiger partial charge on any atom is 0.230 e. The molecule has 0 spiro atoms.